The van der Waals surface area contributed by atoms with Crippen LogP contribution in [0.25, 0.3) is 0 Å². The average molecular weight is 336 g/mol. The Labute approximate surface area is 138 Å². The summed E-state index contributed by atoms with van der Waals surface area (Å²) in [6.07, 6.45) is 5.85. The van der Waals surface area contributed by atoms with Crippen molar-refractivity contribution < 1.29 is 13.2 Å². The summed E-state index contributed by atoms with van der Waals surface area (Å²) in [6, 6.07) is 7.45. The first-order chi connectivity index (χ1) is 10.8. The molecule has 6 heteroatoms. The lowest BCUT2D eigenvalue weighted by Gasteiger charge is -2.27. The Morgan fingerprint density at radius 3 is 2.57 bits per heavy atom. The van der Waals surface area contributed by atoms with Crippen LogP contribution in [0.2, 0.25) is 0 Å². The predicted molar refractivity (Wildman–Crippen MR) is 90.7 cm³/mol. The van der Waals surface area contributed by atoms with Gasteiger partial charge in [-0.2, -0.15) is 0 Å². The molecule has 1 amide bonds. The summed E-state index contributed by atoms with van der Waals surface area (Å²) in [5, 5.41) is 3.06. The van der Waals surface area contributed by atoms with Crippen LogP contribution in [0.15, 0.2) is 24.3 Å². The molecule has 0 aliphatic heterocycles. The van der Waals surface area contributed by atoms with Crippen molar-refractivity contribution in [2.24, 2.45) is 11.8 Å². The van der Waals surface area contributed by atoms with E-state index in [4.69, 9.17) is 0 Å². The third-order valence-electron chi connectivity index (χ3n) is 5.16. The minimum absolute atomic E-state index is 0.155. The molecule has 2 fully saturated rings. The van der Waals surface area contributed by atoms with E-state index in [1.54, 1.807) is 12.1 Å². The maximum absolute atomic E-state index is 12.4. The lowest BCUT2D eigenvalue weighted by Crippen LogP contribution is -2.45. The summed E-state index contributed by atoms with van der Waals surface area (Å²) >= 11 is 0. The summed E-state index contributed by atoms with van der Waals surface area (Å²) in [4.78, 5) is 12.4. The van der Waals surface area contributed by atoms with E-state index in [0.717, 1.165) is 24.2 Å². The number of carbonyl (C=O) groups excluding carboxylic acids is 1. The molecule has 126 valence electrons. The predicted octanol–water partition coefficient (Wildman–Crippen LogP) is 2.07. The van der Waals surface area contributed by atoms with Crippen molar-refractivity contribution in [1.29, 1.82) is 0 Å². The zero-order valence-corrected chi connectivity index (χ0v) is 14.5. The Bertz CT molecular complexity index is 702. The quantitative estimate of drug-likeness (QED) is 0.895. The molecule has 2 bridgehead atoms. The van der Waals surface area contributed by atoms with Gasteiger partial charge in [0.15, 0.2) is 0 Å². The van der Waals surface area contributed by atoms with E-state index in [9.17, 15) is 13.2 Å². The largest absolute Gasteiger partial charge is 0.352 e. The van der Waals surface area contributed by atoms with Crippen LogP contribution in [0.5, 0.6) is 0 Å². The van der Waals surface area contributed by atoms with Crippen LogP contribution in [0.4, 0.5) is 5.69 Å². The van der Waals surface area contributed by atoms with E-state index in [1.165, 1.54) is 23.6 Å². The van der Waals surface area contributed by atoms with Gasteiger partial charge >= 0.3 is 0 Å². The maximum Gasteiger partial charge on any atom is 0.241 e. The highest BCUT2D eigenvalue weighted by atomic mass is 32.2. The number of rotatable bonds is 5. The molecule has 1 aromatic carbocycles. The molecule has 2 aliphatic carbocycles. The molecule has 5 nitrogen and oxygen atoms in total. The average Bonchev–Trinajstić information content (AvgIpc) is 3.07. The van der Waals surface area contributed by atoms with Gasteiger partial charge in [-0.3, -0.25) is 9.10 Å². The molecule has 0 aromatic heterocycles. The van der Waals surface area contributed by atoms with E-state index >= 15 is 0 Å². The van der Waals surface area contributed by atoms with E-state index in [0.29, 0.717) is 11.6 Å². The number of hydrogen-bond donors (Lipinski definition) is 1. The Morgan fingerprint density at radius 1 is 1.26 bits per heavy atom. The third kappa shape index (κ3) is 3.52. The number of nitrogens with one attached hydrogen (secondary N) is 1. The molecule has 23 heavy (non-hydrogen) atoms. The third-order valence-corrected chi connectivity index (χ3v) is 6.28. The number of nitrogens with zero attached hydrogens (tertiary/aromatic N) is 1. The van der Waals surface area contributed by atoms with E-state index < -0.39 is 10.0 Å². The highest BCUT2D eigenvalue weighted by Crippen LogP contribution is 2.44. The summed E-state index contributed by atoms with van der Waals surface area (Å²) in [7, 11) is -3.51. The van der Waals surface area contributed by atoms with Crippen molar-refractivity contribution >= 4 is 21.6 Å². The van der Waals surface area contributed by atoms with Gasteiger partial charge < -0.3 is 5.32 Å². The van der Waals surface area contributed by atoms with Gasteiger partial charge in [0.25, 0.3) is 0 Å². The van der Waals surface area contributed by atoms with Crippen molar-refractivity contribution in [3.05, 3.63) is 29.8 Å². The second-order valence-corrected chi connectivity index (χ2v) is 8.81. The van der Waals surface area contributed by atoms with Crippen molar-refractivity contribution in [1.82, 2.24) is 5.32 Å². The molecule has 0 radical (unpaired) electrons. The second-order valence-electron chi connectivity index (χ2n) is 6.90. The number of aryl methyl sites for hydroxylation is 1. The molecule has 1 N–H and O–H groups in total. The summed E-state index contributed by atoms with van der Waals surface area (Å²) < 4.78 is 25.5. The van der Waals surface area contributed by atoms with Crippen molar-refractivity contribution in [3.63, 3.8) is 0 Å². The number of benzene rings is 1. The van der Waals surface area contributed by atoms with Crippen LogP contribution < -0.4 is 9.62 Å². The van der Waals surface area contributed by atoms with Crippen LogP contribution in [0, 0.1) is 18.8 Å². The smallest absolute Gasteiger partial charge is 0.241 e. The van der Waals surface area contributed by atoms with Crippen LogP contribution in [-0.2, 0) is 14.8 Å². The number of fused-ring (bicyclic) bond motifs is 2. The van der Waals surface area contributed by atoms with Gasteiger partial charge in [0.2, 0.25) is 15.9 Å². The molecule has 2 aliphatic rings. The first-order valence-electron chi connectivity index (χ1n) is 8.17. The number of hydrogen-bond acceptors (Lipinski definition) is 3. The second kappa shape index (κ2) is 6.15. The van der Waals surface area contributed by atoms with Crippen LogP contribution in [-0.4, -0.2) is 33.2 Å². The van der Waals surface area contributed by atoms with Gasteiger partial charge in [-0.1, -0.05) is 24.6 Å². The molecule has 3 rings (SSSR count). The molecule has 0 saturated heterocycles. The molecule has 2 saturated carbocycles. The highest BCUT2D eigenvalue weighted by Gasteiger charge is 2.40. The zero-order valence-electron chi connectivity index (χ0n) is 13.7. The monoisotopic (exact) mass is 336 g/mol. The Kier molecular flexibility index (Phi) is 4.36. The fourth-order valence-corrected chi connectivity index (χ4v) is 4.94. The summed E-state index contributed by atoms with van der Waals surface area (Å²) in [5.74, 6) is 1.11. The topological polar surface area (TPSA) is 66.5 Å². The first kappa shape index (κ1) is 16.3. The van der Waals surface area contributed by atoms with Gasteiger partial charge in [0, 0.05) is 6.04 Å². The van der Waals surface area contributed by atoms with Crippen molar-refractivity contribution in [2.75, 3.05) is 17.1 Å². The Balaban J connectivity index is 1.72. The fourth-order valence-electron chi connectivity index (χ4n) is 4.03. The molecule has 3 atom stereocenters. The molecular formula is C17H24N2O3S. The first-order valence-corrected chi connectivity index (χ1v) is 10.0. The van der Waals surface area contributed by atoms with Gasteiger partial charge in [0.1, 0.15) is 6.54 Å². The minimum Gasteiger partial charge on any atom is -0.352 e. The Hall–Kier alpha value is -1.56. The Morgan fingerprint density at radius 2 is 2.00 bits per heavy atom. The minimum atomic E-state index is -3.51. The summed E-state index contributed by atoms with van der Waals surface area (Å²) in [6.45, 7) is 1.69. The van der Waals surface area contributed by atoms with Crippen LogP contribution in [0.3, 0.4) is 0 Å². The van der Waals surface area contributed by atoms with Gasteiger partial charge in [-0.25, -0.2) is 8.42 Å². The van der Waals surface area contributed by atoms with E-state index in [2.05, 4.69) is 5.32 Å². The van der Waals surface area contributed by atoms with Gasteiger partial charge in [0.05, 0.1) is 11.9 Å². The van der Waals surface area contributed by atoms with E-state index in [1.807, 2.05) is 19.1 Å². The molecule has 0 unspecified atom stereocenters. The number of carbonyl (C=O) groups is 1. The normalized spacial score (nSPS) is 26.3. The number of amides is 1. The van der Waals surface area contributed by atoms with Gasteiger partial charge in [-0.05, 0) is 49.7 Å². The van der Waals surface area contributed by atoms with Crippen molar-refractivity contribution in [2.45, 2.75) is 38.6 Å². The van der Waals surface area contributed by atoms with Crippen LogP contribution in [0.1, 0.15) is 31.2 Å². The standard InChI is InChI=1S/C17H24N2O3S/c1-12-5-3-4-6-16(12)19(23(2,21)22)11-17(20)18-15-10-13-7-8-14(15)9-13/h3-6,13-15H,7-11H2,1-2H3,(H,18,20)/t13-,14-,15+/m0/s1. The lowest BCUT2D eigenvalue weighted by molar-refractivity contribution is -0.120. The van der Waals surface area contributed by atoms with Gasteiger partial charge in [-0.15, -0.1) is 0 Å². The number of anilines is 1. The SMILES string of the molecule is Cc1ccccc1N(CC(=O)N[C@@H]1C[C@H]2CC[C@H]1C2)S(C)(=O)=O. The molecule has 0 heterocycles. The van der Waals surface area contributed by atoms with E-state index in [-0.39, 0.29) is 18.5 Å². The molecule has 1 aromatic rings. The zero-order chi connectivity index (χ0) is 16.6. The highest BCUT2D eigenvalue weighted by molar-refractivity contribution is 7.92. The fraction of sp³-hybridized carbons (Fsp3) is 0.588. The van der Waals surface area contributed by atoms with Crippen molar-refractivity contribution in [3.8, 4) is 0 Å². The maximum atomic E-state index is 12.4. The van der Waals surface area contributed by atoms with Crippen LogP contribution >= 0.6 is 0 Å². The number of para-hydroxylation sites is 1. The summed E-state index contributed by atoms with van der Waals surface area (Å²) in [5.41, 5.74) is 1.41. The number of sulfonamides is 1. The molecular weight excluding hydrogens is 312 g/mol. The molecule has 0 spiro atoms. The lowest BCUT2D eigenvalue weighted by atomic mass is 9.95.